The molecule has 1 aliphatic carbocycles. The van der Waals surface area contributed by atoms with Crippen LogP contribution in [0.1, 0.15) is 18.4 Å². The molecule has 1 aliphatic rings. The minimum atomic E-state index is 0.404. The molecule has 0 aromatic heterocycles. The Labute approximate surface area is 137 Å². The number of hydrogen-bond donors (Lipinski definition) is 2. The van der Waals surface area contributed by atoms with E-state index in [1.807, 2.05) is 12.1 Å². The van der Waals surface area contributed by atoms with E-state index in [0.29, 0.717) is 29.8 Å². The highest BCUT2D eigenvalue weighted by Gasteiger charge is 2.15. The fourth-order valence-electron chi connectivity index (χ4n) is 2.55. The van der Waals surface area contributed by atoms with E-state index < -0.39 is 0 Å². The lowest BCUT2D eigenvalue weighted by Gasteiger charge is -2.19. The van der Waals surface area contributed by atoms with Gasteiger partial charge in [-0.3, -0.25) is 4.99 Å². The van der Waals surface area contributed by atoms with Crippen molar-refractivity contribution in [1.29, 1.82) is 0 Å². The molecular weight excluding hydrogens is 294 g/mol. The number of benzene rings is 1. The zero-order valence-electron chi connectivity index (χ0n) is 14.2. The lowest BCUT2D eigenvalue weighted by molar-refractivity contribution is 0.368. The van der Waals surface area contributed by atoms with Gasteiger partial charge in [-0.1, -0.05) is 12.2 Å². The average Bonchev–Trinajstić information content (AvgIpc) is 3.10. The molecule has 0 aliphatic heterocycles. The quantitative estimate of drug-likeness (QED) is 0.477. The summed E-state index contributed by atoms with van der Waals surface area (Å²) in [5.74, 6) is 2.89. The number of ether oxygens (including phenoxy) is 3. The first-order chi connectivity index (χ1) is 11.2. The Balaban J connectivity index is 2.08. The summed E-state index contributed by atoms with van der Waals surface area (Å²) in [6, 6.07) is 4.09. The molecule has 1 aromatic carbocycles. The van der Waals surface area contributed by atoms with Crippen LogP contribution in [0.15, 0.2) is 29.3 Å². The monoisotopic (exact) mass is 319 g/mol. The molecule has 6 nitrogen and oxygen atoms in total. The van der Waals surface area contributed by atoms with Crippen LogP contribution in [0.4, 0.5) is 0 Å². The minimum Gasteiger partial charge on any atom is -0.496 e. The molecule has 2 rings (SSSR count). The van der Waals surface area contributed by atoms with E-state index in [1.54, 1.807) is 28.4 Å². The van der Waals surface area contributed by atoms with Gasteiger partial charge in [-0.25, -0.2) is 0 Å². The molecule has 6 heteroatoms. The third-order valence-electron chi connectivity index (χ3n) is 3.82. The minimum absolute atomic E-state index is 0.404. The van der Waals surface area contributed by atoms with Crippen LogP contribution < -0.4 is 24.8 Å². The molecule has 0 saturated heterocycles. The highest BCUT2D eigenvalue weighted by molar-refractivity contribution is 5.80. The van der Waals surface area contributed by atoms with Gasteiger partial charge >= 0.3 is 0 Å². The van der Waals surface area contributed by atoms with Crippen LogP contribution in [0.2, 0.25) is 0 Å². The van der Waals surface area contributed by atoms with Gasteiger partial charge in [0.05, 0.1) is 33.4 Å². The van der Waals surface area contributed by atoms with Gasteiger partial charge in [0.1, 0.15) is 17.2 Å². The standard InChI is InChI=1S/C17H25N3O3/c1-18-17(20-12-7-5-6-8-12)19-11-14-15(22-3)9-13(21-2)10-16(14)23-4/h5-6,9-10,12H,7-8,11H2,1-4H3,(H2,18,19,20). The van der Waals surface area contributed by atoms with Crippen molar-refractivity contribution in [3.05, 3.63) is 29.8 Å². The van der Waals surface area contributed by atoms with Crippen LogP contribution in [-0.2, 0) is 6.54 Å². The van der Waals surface area contributed by atoms with E-state index >= 15 is 0 Å². The molecule has 126 valence electrons. The molecular formula is C17H25N3O3. The van der Waals surface area contributed by atoms with E-state index in [-0.39, 0.29) is 0 Å². The number of guanidine groups is 1. The van der Waals surface area contributed by atoms with Crippen molar-refractivity contribution in [3.8, 4) is 17.2 Å². The summed E-state index contributed by atoms with van der Waals surface area (Å²) in [6.07, 6.45) is 6.41. The third-order valence-corrected chi connectivity index (χ3v) is 3.82. The van der Waals surface area contributed by atoms with E-state index in [2.05, 4.69) is 27.8 Å². The first-order valence-corrected chi connectivity index (χ1v) is 7.62. The Morgan fingerprint density at radius 2 is 1.70 bits per heavy atom. The number of hydrogen-bond acceptors (Lipinski definition) is 4. The maximum Gasteiger partial charge on any atom is 0.191 e. The molecule has 0 saturated carbocycles. The highest BCUT2D eigenvalue weighted by Crippen LogP contribution is 2.33. The summed E-state index contributed by atoms with van der Waals surface area (Å²) in [5.41, 5.74) is 0.920. The van der Waals surface area contributed by atoms with Crippen molar-refractivity contribution in [2.24, 2.45) is 4.99 Å². The second-order valence-corrected chi connectivity index (χ2v) is 5.22. The maximum atomic E-state index is 5.46. The number of nitrogens with zero attached hydrogens (tertiary/aromatic N) is 1. The van der Waals surface area contributed by atoms with Crippen LogP contribution in [-0.4, -0.2) is 40.4 Å². The molecule has 0 atom stereocenters. The van der Waals surface area contributed by atoms with Crippen LogP contribution in [0.3, 0.4) is 0 Å². The lowest BCUT2D eigenvalue weighted by Crippen LogP contribution is -2.42. The predicted octanol–water partition coefficient (Wildman–Crippen LogP) is 2.10. The third kappa shape index (κ3) is 4.31. The predicted molar refractivity (Wildman–Crippen MR) is 91.6 cm³/mol. The fourth-order valence-corrected chi connectivity index (χ4v) is 2.55. The van der Waals surface area contributed by atoms with Crippen LogP contribution in [0.5, 0.6) is 17.2 Å². The van der Waals surface area contributed by atoms with E-state index in [1.165, 1.54) is 0 Å². The highest BCUT2D eigenvalue weighted by atomic mass is 16.5. The zero-order valence-corrected chi connectivity index (χ0v) is 14.2. The van der Waals surface area contributed by atoms with Crippen LogP contribution in [0.25, 0.3) is 0 Å². The van der Waals surface area contributed by atoms with Gasteiger partial charge in [-0.2, -0.15) is 0 Å². The largest absolute Gasteiger partial charge is 0.496 e. The maximum absolute atomic E-state index is 5.46. The summed E-state index contributed by atoms with van der Waals surface area (Å²) in [7, 11) is 6.65. The van der Waals surface area contributed by atoms with Gasteiger partial charge in [-0.05, 0) is 12.8 Å². The molecule has 0 fully saturated rings. The van der Waals surface area contributed by atoms with Crippen molar-refractivity contribution >= 4 is 5.96 Å². The Morgan fingerprint density at radius 3 is 2.17 bits per heavy atom. The molecule has 23 heavy (non-hydrogen) atoms. The smallest absolute Gasteiger partial charge is 0.191 e. The second kappa shape index (κ2) is 8.31. The molecule has 0 radical (unpaired) electrons. The van der Waals surface area contributed by atoms with E-state index in [9.17, 15) is 0 Å². The van der Waals surface area contributed by atoms with Crippen molar-refractivity contribution < 1.29 is 14.2 Å². The van der Waals surface area contributed by atoms with E-state index in [4.69, 9.17) is 14.2 Å². The molecule has 1 aromatic rings. The summed E-state index contributed by atoms with van der Waals surface area (Å²) >= 11 is 0. The zero-order chi connectivity index (χ0) is 16.7. The van der Waals surface area contributed by atoms with Gasteiger partial charge in [0.2, 0.25) is 0 Å². The summed E-state index contributed by atoms with van der Waals surface area (Å²) in [6.45, 7) is 0.538. The summed E-state index contributed by atoms with van der Waals surface area (Å²) < 4.78 is 16.2. The van der Waals surface area contributed by atoms with Crippen molar-refractivity contribution in [2.75, 3.05) is 28.4 Å². The number of nitrogens with one attached hydrogen (secondary N) is 2. The Kier molecular flexibility index (Phi) is 6.14. The fraction of sp³-hybridized carbons (Fsp3) is 0.471. The first-order valence-electron chi connectivity index (χ1n) is 7.62. The number of rotatable bonds is 6. The van der Waals surface area contributed by atoms with Gasteiger partial charge in [-0.15, -0.1) is 0 Å². The molecule has 0 amide bonds. The van der Waals surface area contributed by atoms with Gasteiger partial charge < -0.3 is 24.8 Å². The molecule has 2 N–H and O–H groups in total. The topological polar surface area (TPSA) is 64.1 Å². The number of methoxy groups -OCH3 is 3. The second-order valence-electron chi connectivity index (χ2n) is 5.22. The van der Waals surface area contributed by atoms with Crippen molar-refractivity contribution in [2.45, 2.75) is 25.4 Å². The van der Waals surface area contributed by atoms with Crippen molar-refractivity contribution in [3.63, 3.8) is 0 Å². The average molecular weight is 319 g/mol. The molecule has 0 spiro atoms. The number of aliphatic imine (C=N–C) groups is 1. The lowest BCUT2D eigenvalue weighted by atomic mass is 10.1. The summed E-state index contributed by atoms with van der Waals surface area (Å²) in [4.78, 5) is 4.27. The van der Waals surface area contributed by atoms with Gasteiger partial charge in [0, 0.05) is 25.2 Å². The summed E-state index contributed by atoms with van der Waals surface area (Å²) in [5, 5.41) is 6.71. The van der Waals surface area contributed by atoms with E-state index in [0.717, 1.165) is 24.4 Å². The Morgan fingerprint density at radius 1 is 1.09 bits per heavy atom. The first kappa shape index (κ1) is 17.0. The van der Waals surface area contributed by atoms with Crippen LogP contribution >= 0.6 is 0 Å². The van der Waals surface area contributed by atoms with Crippen molar-refractivity contribution in [1.82, 2.24) is 10.6 Å². The molecule has 0 heterocycles. The SMILES string of the molecule is CN=C(NCc1c(OC)cc(OC)cc1OC)NC1CC=CC1. The molecule has 0 unspecified atom stereocenters. The van der Waals surface area contributed by atoms with Gasteiger partial charge in [0.15, 0.2) is 5.96 Å². The Bertz CT molecular complexity index is 551. The van der Waals surface area contributed by atoms with Crippen LogP contribution in [0, 0.1) is 0 Å². The van der Waals surface area contributed by atoms with Gasteiger partial charge in [0.25, 0.3) is 0 Å². The molecule has 0 bridgehead atoms. The Hall–Kier alpha value is -2.37. The normalized spacial score (nSPS) is 14.7.